The van der Waals surface area contributed by atoms with E-state index in [0.717, 1.165) is 26.9 Å². The molecule has 3 aromatic carbocycles. The summed E-state index contributed by atoms with van der Waals surface area (Å²) in [6.45, 7) is 2.93. The van der Waals surface area contributed by atoms with Gasteiger partial charge in [0.2, 0.25) is 0 Å². The molecule has 234 valence electrons. The minimum absolute atomic E-state index is 0.170. The van der Waals surface area contributed by atoms with Crippen molar-refractivity contribution in [3.8, 4) is 11.1 Å². The van der Waals surface area contributed by atoms with E-state index in [4.69, 9.17) is 0 Å². The maximum absolute atomic E-state index is 13.5. The summed E-state index contributed by atoms with van der Waals surface area (Å²) in [5.74, 6) is -2.42. The maximum Gasteiger partial charge on any atom is 0.357 e. The number of hydrogen-bond acceptors (Lipinski definition) is 8. The van der Waals surface area contributed by atoms with Crippen LogP contribution >= 0.6 is 11.3 Å². The number of anilines is 2. The maximum atomic E-state index is 13.5. The number of aromatic carboxylic acids is 2. The van der Waals surface area contributed by atoms with Crippen molar-refractivity contribution in [1.82, 2.24) is 19.7 Å². The number of fused-ring (bicyclic) bond motifs is 2. The zero-order chi connectivity index (χ0) is 32.7. The van der Waals surface area contributed by atoms with Crippen molar-refractivity contribution < 1.29 is 24.6 Å². The third-order valence-corrected chi connectivity index (χ3v) is 9.24. The van der Waals surface area contributed by atoms with E-state index < -0.39 is 11.9 Å². The summed E-state index contributed by atoms with van der Waals surface area (Å²) in [6.07, 6.45) is 0.623. The summed E-state index contributed by atoms with van der Waals surface area (Å²) in [6, 6.07) is 26.1. The molecule has 7 rings (SSSR count). The normalized spacial score (nSPS) is 12.6. The van der Waals surface area contributed by atoms with Gasteiger partial charge in [0.05, 0.1) is 16.8 Å². The number of carboxylic acid groups (broad SMARTS) is 2. The number of thiazole rings is 1. The molecule has 12 heteroatoms. The molecule has 6 aromatic rings. The lowest BCUT2D eigenvalue weighted by atomic mass is 9.94. The van der Waals surface area contributed by atoms with Crippen LogP contribution in [0, 0.1) is 6.92 Å². The standard InChI is InChI=1S/C35H28N6O5S/c1-20-29(31(34(45)46)39-41(20)18-21-8-3-2-4-9-21)24-14-15-28(37-30(24)33(43)44)40-17-16-22-10-7-11-23(25(22)19-40)32(42)38-35-36-26-12-5-6-13-27(26)47-35/h2-15H,16-19H2,1H3,(H,43,44)(H,45,46)(H,36,38,42). The topological polar surface area (TPSA) is 151 Å². The smallest absolute Gasteiger partial charge is 0.357 e. The summed E-state index contributed by atoms with van der Waals surface area (Å²) >= 11 is 1.40. The molecule has 4 heterocycles. The zero-order valence-corrected chi connectivity index (χ0v) is 26.0. The van der Waals surface area contributed by atoms with Gasteiger partial charge in [-0.2, -0.15) is 5.10 Å². The number of aromatic nitrogens is 4. The molecule has 3 N–H and O–H groups in total. The third-order valence-electron chi connectivity index (χ3n) is 8.29. The SMILES string of the molecule is Cc1c(-c2ccc(N3CCc4cccc(C(=O)Nc5nc6ccccc6s5)c4C3)nc2C(=O)O)c(C(=O)O)nn1Cc1ccccc1. The Morgan fingerprint density at radius 2 is 1.64 bits per heavy atom. The molecule has 0 saturated carbocycles. The average molecular weight is 645 g/mol. The molecule has 3 aromatic heterocycles. The van der Waals surface area contributed by atoms with E-state index in [0.29, 0.717) is 48.3 Å². The first-order valence-electron chi connectivity index (χ1n) is 14.9. The molecule has 0 spiro atoms. The molecule has 0 fully saturated rings. The number of carboxylic acids is 2. The summed E-state index contributed by atoms with van der Waals surface area (Å²) < 4.78 is 2.54. The van der Waals surface area contributed by atoms with Crippen molar-refractivity contribution in [2.24, 2.45) is 0 Å². The van der Waals surface area contributed by atoms with Gasteiger partial charge in [-0.1, -0.05) is 65.9 Å². The highest BCUT2D eigenvalue weighted by atomic mass is 32.1. The largest absolute Gasteiger partial charge is 0.476 e. The highest BCUT2D eigenvalue weighted by Gasteiger charge is 2.29. The van der Waals surface area contributed by atoms with Crippen molar-refractivity contribution >= 4 is 50.3 Å². The Hall–Kier alpha value is -5.88. The van der Waals surface area contributed by atoms with Crippen LogP contribution in [-0.2, 0) is 19.5 Å². The van der Waals surface area contributed by atoms with Crippen LogP contribution in [0.25, 0.3) is 21.3 Å². The number of benzene rings is 3. The van der Waals surface area contributed by atoms with E-state index in [1.165, 1.54) is 11.3 Å². The fraction of sp³-hybridized carbons (Fsp3) is 0.143. The number of nitrogens with zero attached hydrogens (tertiary/aromatic N) is 5. The van der Waals surface area contributed by atoms with Crippen molar-refractivity contribution in [2.45, 2.75) is 26.4 Å². The number of nitrogens with one attached hydrogen (secondary N) is 1. The van der Waals surface area contributed by atoms with E-state index in [-0.39, 0.29) is 28.4 Å². The number of carbonyl (C=O) groups excluding carboxylic acids is 1. The Kier molecular flexibility index (Phi) is 7.70. The average Bonchev–Trinajstić information content (AvgIpc) is 3.64. The second-order valence-corrected chi connectivity index (χ2v) is 12.2. The molecule has 0 aliphatic carbocycles. The Bertz CT molecular complexity index is 2160. The van der Waals surface area contributed by atoms with Gasteiger partial charge < -0.3 is 15.1 Å². The molecular formula is C35H28N6O5S. The van der Waals surface area contributed by atoms with Crippen molar-refractivity contribution in [3.05, 3.63) is 124 Å². The molecule has 11 nitrogen and oxygen atoms in total. The monoisotopic (exact) mass is 644 g/mol. The van der Waals surface area contributed by atoms with Crippen LogP contribution < -0.4 is 10.2 Å². The van der Waals surface area contributed by atoms with Gasteiger partial charge in [-0.05, 0) is 60.4 Å². The van der Waals surface area contributed by atoms with Crippen LogP contribution in [0.5, 0.6) is 0 Å². The van der Waals surface area contributed by atoms with Gasteiger partial charge >= 0.3 is 11.9 Å². The minimum Gasteiger partial charge on any atom is -0.476 e. The van der Waals surface area contributed by atoms with E-state index in [2.05, 4.69) is 20.4 Å². The number of amides is 1. The van der Waals surface area contributed by atoms with Gasteiger partial charge in [0.1, 0.15) is 5.82 Å². The van der Waals surface area contributed by atoms with Crippen LogP contribution in [0.3, 0.4) is 0 Å². The van der Waals surface area contributed by atoms with E-state index >= 15 is 0 Å². The molecular weight excluding hydrogens is 616 g/mol. The predicted molar refractivity (Wildman–Crippen MR) is 178 cm³/mol. The summed E-state index contributed by atoms with van der Waals surface area (Å²) in [5, 5.41) is 28.1. The van der Waals surface area contributed by atoms with Gasteiger partial charge in [-0.15, -0.1) is 0 Å². The minimum atomic E-state index is -1.29. The molecule has 0 bridgehead atoms. The van der Waals surface area contributed by atoms with Crippen LogP contribution in [0.15, 0.2) is 84.9 Å². The lowest BCUT2D eigenvalue weighted by Crippen LogP contribution is -2.33. The Morgan fingerprint density at radius 1 is 0.872 bits per heavy atom. The fourth-order valence-corrected chi connectivity index (χ4v) is 6.86. The second-order valence-electron chi connectivity index (χ2n) is 11.2. The van der Waals surface area contributed by atoms with Crippen molar-refractivity contribution in [2.75, 3.05) is 16.8 Å². The number of carbonyl (C=O) groups is 3. The molecule has 0 radical (unpaired) electrons. The Labute approximate surface area is 272 Å². The number of pyridine rings is 1. The van der Waals surface area contributed by atoms with E-state index in [1.54, 1.807) is 29.8 Å². The van der Waals surface area contributed by atoms with Crippen molar-refractivity contribution in [1.29, 1.82) is 0 Å². The Morgan fingerprint density at radius 3 is 2.40 bits per heavy atom. The first-order valence-corrected chi connectivity index (χ1v) is 15.7. The molecule has 47 heavy (non-hydrogen) atoms. The van der Waals surface area contributed by atoms with Crippen LogP contribution in [0.1, 0.15) is 53.7 Å². The van der Waals surface area contributed by atoms with Gasteiger partial charge in [0.25, 0.3) is 5.91 Å². The third kappa shape index (κ3) is 5.70. The molecule has 0 saturated heterocycles. The van der Waals surface area contributed by atoms with E-state index in [9.17, 15) is 24.6 Å². The number of hydrogen-bond donors (Lipinski definition) is 3. The van der Waals surface area contributed by atoms with Gasteiger partial charge in [0, 0.05) is 35.5 Å². The van der Waals surface area contributed by atoms with Gasteiger partial charge in [-0.25, -0.2) is 19.6 Å². The van der Waals surface area contributed by atoms with E-state index in [1.807, 2.05) is 71.6 Å². The van der Waals surface area contributed by atoms with Gasteiger partial charge in [-0.3, -0.25) is 14.8 Å². The van der Waals surface area contributed by atoms with Crippen LogP contribution in [0.2, 0.25) is 0 Å². The molecule has 1 amide bonds. The highest BCUT2D eigenvalue weighted by molar-refractivity contribution is 7.22. The van der Waals surface area contributed by atoms with Crippen molar-refractivity contribution in [3.63, 3.8) is 0 Å². The lowest BCUT2D eigenvalue weighted by Gasteiger charge is -2.31. The van der Waals surface area contributed by atoms with Gasteiger partial charge in [0.15, 0.2) is 16.5 Å². The first kappa shape index (κ1) is 29.8. The lowest BCUT2D eigenvalue weighted by molar-refractivity contribution is 0.0677. The number of para-hydroxylation sites is 1. The Balaban J connectivity index is 1.20. The summed E-state index contributed by atoms with van der Waals surface area (Å²) in [4.78, 5) is 49.3. The highest BCUT2D eigenvalue weighted by Crippen LogP contribution is 2.34. The molecule has 0 unspecified atom stereocenters. The summed E-state index contributed by atoms with van der Waals surface area (Å²) in [7, 11) is 0. The molecule has 0 atom stereocenters. The fourth-order valence-electron chi connectivity index (χ4n) is 6.00. The summed E-state index contributed by atoms with van der Waals surface area (Å²) in [5.41, 5.74) is 4.47. The predicted octanol–water partition coefficient (Wildman–Crippen LogP) is 6.12. The second kappa shape index (κ2) is 12.1. The quantitative estimate of drug-likeness (QED) is 0.178. The molecule has 1 aliphatic heterocycles. The first-order chi connectivity index (χ1) is 22.8. The van der Waals surface area contributed by atoms with Crippen LogP contribution in [0.4, 0.5) is 10.9 Å². The zero-order valence-electron chi connectivity index (χ0n) is 25.2. The van der Waals surface area contributed by atoms with Crippen LogP contribution in [-0.4, -0.2) is 54.4 Å². The number of rotatable bonds is 8. The molecule has 1 aliphatic rings.